The molecule has 2 aliphatic rings. The molecule has 0 amide bonds. The lowest BCUT2D eigenvalue weighted by Crippen LogP contribution is -2.46. The van der Waals surface area contributed by atoms with Gasteiger partial charge in [0.25, 0.3) is 0 Å². The molecule has 7 heteroatoms. The molecule has 3 N–H and O–H groups in total. The Hall–Kier alpha value is -0.210. The largest absolute Gasteiger partial charge is 0.394 e. The van der Waals surface area contributed by atoms with Crippen LogP contribution >= 0.6 is 0 Å². The van der Waals surface area contributed by atoms with Gasteiger partial charge in [0.05, 0.1) is 0 Å². The Bertz CT molecular complexity index is 340. The van der Waals surface area contributed by atoms with E-state index in [9.17, 15) is 0 Å². The van der Waals surface area contributed by atoms with Gasteiger partial charge >= 0.3 is 10.4 Å². The van der Waals surface area contributed by atoms with E-state index in [1.54, 1.807) is 0 Å². The van der Waals surface area contributed by atoms with Crippen molar-refractivity contribution in [2.45, 2.75) is 89.5 Å². The molecule has 1 aliphatic heterocycles. The van der Waals surface area contributed by atoms with Crippen LogP contribution in [0.2, 0.25) is 0 Å². The minimum Gasteiger partial charge on any atom is -0.264 e. The molecule has 0 aromatic carbocycles. The minimum absolute atomic E-state index is 0.821. The molecule has 0 aromatic rings. The lowest BCUT2D eigenvalue weighted by molar-refractivity contribution is 0.107. The Kier molecular flexibility index (Phi) is 11.0. The molecule has 2 fully saturated rings. The number of hydrazine groups is 1. The highest BCUT2D eigenvalue weighted by Gasteiger charge is 2.18. The zero-order chi connectivity index (χ0) is 17.0. The molecule has 0 atom stereocenters. The normalized spacial score (nSPS) is 23.9. The smallest absolute Gasteiger partial charge is 0.264 e. The van der Waals surface area contributed by atoms with Gasteiger partial charge in [-0.05, 0) is 25.7 Å². The molecule has 1 aliphatic carbocycles. The van der Waals surface area contributed by atoms with Crippen molar-refractivity contribution in [1.29, 1.82) is 0 Å². The topological polar surface area (TPSA) is 89.9 Å². The maximum atomic E-state index is 8.74. The summed E-state index contributed by atoms with van der Waals surface area (Å²) in [5.41, 5.74) is 3.73. The third kappa shape index (κ3) is 12.8. The van der Waals surface area contributed by atoms with E-state index in [4.69, 9.17) is 17.5 Å². The summed E-state index contributed by atoms with van der Waals surface area (Å²) < 4.78 is 31.6. The highest BCUT2D eigenvalue weighted by Crippen LogP contribution is 2.21. The van der Waals surface area contributed by atoms with Crippen LogP contribution in [0.1, 0.15) is 83.5 Å². The summed E-state index contributed by atoms with van der Waals surface area (Å²) in [5, 5.41) is 2.62. The minimum atomic E-state index is -4.67. The molecule has 1 heterocycles. The van der Waals surface area contributed by atoms with E-state index in [2.05, 4.69) is 10.4 Å². The lowest BCUT2D eigenvalue weighted by atomic mass is 10.0. The van der Waals surface area contributed by atoms with Gasteiger partial charge in [-0.25, -0.2) is 5.01 Å². The first-order valence-electron chi connectivity index (χ1n) is 9.17. The van der Waals surface area contributed by atoms with Gasteiger partial charge in [0.2, 0.25) is 0 Å². The van der Waals surface area contributed by atoms with Crippen molar-refractivity contribution in [3.63, 3.8) is 0 Å². The van der Waals surface area contributed by atoms with E-state index in [1.807, 2.05) is 0 Å². The quantitative estimate of drug-likeness (QED) is 0.626. The van der Waals surface area contributed by atoms with Crippen molar-refractivity contribution in [3.8, 4) is 0 Å². The van der Waals surface area contributed by atoms with E-state index in [0.717, 1.165) is 6.04 Å². The fraction of sp³-hybridized carbons (Fsp3) is 1.00. The van der Waals surface area contributed by atoms with Crippen LogP contribution in [0.3, 0.4) is 0 Å². The molecule has 0 aromatic heterocycles. The fourth-order valence-electron chi connectivity index (χ4n) is 3.47. The predicted octanol–water partition coefficient (Wildman–Crippen LogP) is 3.61. The molecule has 2 rings (SSSR count). The first-order chi connectivity index (χ1) is 11.0. The maximum absolute atomic E-state index is 8.74. The Labute approximate surface area is 141 Å². The molecule has 1 saturated heterocycles. The van der Waals surface area contributed by atoms with Gasteiger partial charge in [-0.2, -0.15) is 8.42 Å². The number of hydrogen-bond acceptors (Lipinski definition) is 4. The van der Waals surface area contributed by atoms with Gasteiger partial charge < -0.3 is 0 Å². The van der Waals surface area contributed by atoms with Crippen LogP contribution in [0.5, 0.6) is 0 Å². The lowest BCUT2D eigenvalue weighted by Gasteiger charge is -2.32. The Balaban J connectivity index is 0.000000463. The van der Waals surface area contributed by atoms with Crippen molar-refractivity contribution in [3.05, 3.63) is 0 Å². The molecule has 0 unspecified atom stereocenters. The second-order valence-corrected chi connectivity index (χ2v) is 7.57. The van der Waals surface area contributed by atoms with Crippen LogP contribution in [0, 0.1) is 0 Å². The van der Waals surface area contributed by atoms with E-state index in [1.165, 1.54) is 96.6 Å². The summed E-state index contributed by atoms with van der Waals surface area (Å²) in [5.74, 6) is 0. The summed E-state index contributed by atoms with van der Waals surface area (Å²) >= 11 is 0. The number of rotatable bonds is 1. The molecule has 1 saturated carbocycles. The van der Waals surface area contributed by atoms with Crippen molar-refractivity contribution >= 4 is 10.4 Å². The monoisotopic (exact) mass is 350 g/mol. The van der Waals surface area contributed by atoms with Crippen molar-refractivity contribution in [2.75, 3.05) is 13.1 Å². The van der Waals surface area contributed by atoms with Gasteiger partial charge in [-0.15, -0.1) is 0 Å². The molecule has 0 spiro atoms. The third-order valence-electron chi connectivity index (χ3n) is 4.66. The van der Waals surface area contributed by atoms with Crippen LogP contribution in [-0.4, -0.2) is 41.7 Å². The number of nitrogens with one attached hydrogen (secondary N) is 1. The molecule has 6 nitrogen and oxygen atoms in total. The van der Waals surface area contributed by atoms with Crippen LogP contribution in [0.25, 0.3) is 0 Å². The molecular weight excluding hydrogens is 316 g/mol. The van der Waals surface area contributed by atoms with Crippen molar-refractivity contribution in [1.82, 2.24) is 10.4 Å². The van der Waals surface area contributed by atoms with E-state index in [-0.39, 0.29) is 0 Å². The molecule has 0 bridgehead atoms. The third-order valence-corrected chi connectivity index (χ3v) is 4.66. The van der Waals surface area contributed by atoms with Gasteiger partial charge in [0.15, 0.2) is 0 Å². The molecule has 23 heavy (non-hydrogen) atoms. The summed E-state index contributed by atoms with van der Waals surface area (Å²) in [7, 11) is -4.67. The second-order valence-electron chi connectivity index (χ2n) is 6.67. The van der Waals surface area contributed by atoms with Gasteiger partial charge in [-0.1, -0.05) is 57.8 Å². The number of nitrogens with zero attached hydrogens (tertiary/aromatic N) is 1. The highest BCUT2D eigenvalue weighted by atomic mass is 32.3. The standard InChI is InChI=1S/C16H32N2.H2O4S/c1-2-5-9-13-16(12-8-4-1)18-15-11-7-3-6-10-14-17-18;1-5(2,3)4/h16-17H,1-15H2;(H2,1,2,3,4). The zero-order valence-corrected chi connectivity index (χ0v) is 15.1. The maximum Gasteiger partial charge on any atom is 0.394 e. The Morgan fingerprint density at radius 1 is 0.739 bits per heavy atom. The second kappa shape index (κ2) is 12.2. The van der Waals surface area contributed by atoms with Gasteiger partial charge in [0, 0.05) is 19.1 Å². The molecular formula is C16H34N2O4S. The van der Waals surface area contributed by atoms with Crippen LogP contribution in [-0.2, 0) is 10.4 Å². The average Bonchev–Trinajstić information content (AvgIpc) is 2.68. The summed E-state index contributed by atoms with van der Waals surface area (Å²) in [6.07, 6.45) is 18.7. The summed E-state index contributed by atoms with van der Waals surface area (Å²) in [6, 6.07) is 0.821. The van der Waals surface area contributed by atoms with Crippen LogP contribution in [0.15, 0.2) is 0 Å². The predicted molar refractivity (Wildman–Crippen MR) is 92.7 cm³/mol. The van der Waals surface area contributed by atoms with Crippen LogP contribution in [0.4, 0.5) is 0 Å². The molecule has 0 radical (unpaired) electrons. The van der Waals surface area contributed by atoms with Crippen molar-refractivity contribution in [2.24, 2.45) is 0 Å². The summed E-state index contributed by atoms with van der Waals surface area (Å²) in [4.78, 5) is 0. The first-order valence-corrected chi connectivity index (χ1v) is 10.6. The fourth-order valence-corrected chi connectivity index (χ4v) is 3.47. The summed E-state index contributed by atoms with van der Waals surface area (Å²) in [6.45, 7) is 2.49. The van der Waals surface area contributed by atoms with E-state index >= 15 is 0 Å². The van der Waals surface area contributed by atoms with E-state index in [0.29, 0.717) is 0 Å². The van der Waals surface area contributed by atoms with Gasteiger partial charge in [-0.3, -0.25) is 14.5 Å². The van der Waals surface area contributed by atoms with E-state index < -0.39 is 10.4 Å². The van der Waals surface area contributed by atoms with Crippen LogP contribution < -0.4 is 5.43 Å². The van der Waals surface area contributed by atoms with Gasteiger partial charge in [0.1, 0.15) is 0 Å². The Morgan fingerprint density at radius 3 is 1.74 bits per heavy atom. The first kappa shape index (κ1) is 20.8. The van der Waals surface area contributed by atoms with Crippen molar-refractivity contribution < 1.29 is 17.5 Å². The number of hydrogen-bond donors (Lipinski definition) is 3. The molecule has 138 valence electrons. The highest BCUT2D eigenvalue weighted by molar-refractivity contribution is 7.79. The zero-order valence-electron chi connectivity index (χ0n) is 14.3. The Morgan fingerprint density at radius 2 is 1.17 bits per heavy atom. The SMILES string of the molecule is C1CCCCC(N2CCCCCCCN2)CCC1.O=S(=O)(O)O. The average molecular weight is 351 g/mol.